The Morgan fingerprint density at radius 2 is 1.37 bits per heavy atom. The molecule has 4 fully saturated rings. The number of carbonyl (C=O) groups excluding carboxylic acids is 9. The fraction of sp³-hybridized carbons (Fsp3) is 0.687. The molecule has 10 amide bonds. The van der Waals surface area contributed by atoms with Crippen LogP contribution in [-0.4, -0.2) is 226 Å². The number of thioether (sulfide) groups is 1. The van der Waals surface area contributed by atoms with Gasteiger partial charge < -0.3 is 125 Å². The molecule has 1 aromatic carbocycles. The first kappa shape index (κ1) is 100. The van der Waals surface area contributed by atoms with Crippen molar-refractivity contribution in [2.75, 3.05) is 71.6 Å². The van der Waals surface area contributed by atoms with Crippen LogP contribution < -0.4 is 60.1 Å². The number of nitrogens with two attached hydrogens (primary N) is 5. The van der Waals surface area contributed by atoms with Crippen LogP contribution in [0.4, 0.5) is 4.79 Å². The number of allylic oxidation sites excluding steroid dienone is 4. The van der Waals surface area contributed by atoms with Crippen molar-refractivity contribution in [2.45, 2.75) is 250 Å². The van der Waals surface area contributed by atoms with Gasteiger partial charge in [-0.15, -0.1) is 0 Å². The number of aromatic nitrogens is 2. The summed E-state index contributed by atoms with van der Waals surface area (Å²) in [5.74, 6) is -6.46. The first-order valence-electron chi connectivity index (χ1n) is 41.8. The molecule has 0 aliphatic carbocycles. The number of aliphatic imine (C=N–C) groups is 3. The van der Waals surface area contributed by atoms with Crippen LogP contribution in [0, 0.1) is 65.1 Å². The maximum Gasteiger partial charge on any atom is 3.00 e. The van der Waals surface area contributed by atoms with Gasteiger partial charge in [-0.3, -0.25) is 57.9 Å². The molecule has 8 unspecified atom stereocenters. The van der Waals surface area contributed by atoms with Gasteiger partial charge in [0, 0.05) is 135 Å². The molecule has 8 aliphatic rings. The summed E-state index contributed by atoms with van der Waals surface area (Å²) < 4.78 is 49.4. The summed E-state index contributed by atoms with van der Waals surface area (Å²) in [5.41, 5.74) is 26.4. The van der Waals surface area contributed by atoms with Gasteiger partial charge in [-0.05, 0) is 145 Å². The summed E-state index contributed by atoms with van der Waals surface area (Å²) in [7, 11) is -5.37. The Morgan fingerprint density at radius 3 is 1.98 bits per heavy atom. The van der Waals surface area contributed by atoms with E-state index in [4.69, 9.17) is 88.8 Å². The van der Waals surface area contributed by atoms with Crippen LogP contribution >= 0.6 is 19.6 Å². The summed E-state index contributed by atoms with van der Waals surface area (Å²) in [5, 5.41) is 62.8. The summed E-state index contributed by atoms with van der Waals surface area (Å²) >= 11 is 1.86. The quantitative estimate of drug-likeness (QED) is 0.0194. The Labute approximate surface area is 732 Å². The number of phosphoric acid groups is 1. The van der Waals surface area contributed by atoms with Gasteiger partial charge in [0.15, 0.2) is 6.23 Å². The van der Waals surface area contributed by atoms with Gasteiger partial charge in [-0.2, -0.15) is 17.5 Å². The number of urea groups is 1. The van der Waals surface area contributed by atoms with Gasteiger partial charge in [-0.25, -0.2) is 9.78 Å². The number of nitrogens with zero attached hydrogens (tertiary/aromatic N) is 7. The van der Waals surface area contributed by atoms with Crippen LogP contribution in [0.2, 0.25) is 0 Å². The second-order valence-corrected chi connectivity index (χ2v) is 37.4. The number of aryl methyl sites for hydroxylation is 2. The molecular formula is C83H123CoN17O20PS. The van der Waals surface area contributed by atoms with Crippen LogP contribution in [0.1, 0.15) is 189 Å². The maximum absolute atomic E-state index is 14.9. The number of ether oxygens (including phenoxy) is 4. The van der Waals surface area contributed by atoms with Gasteiger partial charge >= 0.3 is 22.8 Å². The van der Waals surface area contributed by atoms with E-state index in [1.807, 2.05) is 58.5 Å². The predicted molar refractivity (Wildman–Crippen MR) is 451 cm³/mol. The minimum absolute atomic E-state index is 0. The fourth-order valence-corrected chi connectivity index (χ4v) is 21.7. The van der Waals surface area contributed by atoms with Gasteiger partial charge in [-0.1, -0.05) is 47.1 Å². The minimum Gasteiger partial charge on any atom is -0.756 e. The number of nitrogens with one attached hydrogen (secondary N) is 5. The molecule has 10 rings (SSSR count). The first-order chi connectivity index (χ1) is 57.5. The van der Waals surface area contributed by atoms with Crippen LogP contribution in [0.3, 0.4) is 0 Å². The van der Waals surface area contributed by atoms with E-state index in [0.717, 1.165) is 36.1 Å². The normalized spacial score (nSPS) is 31.3. The molecule has 1 aromatic heterocycles. The van der Waals surface area contributed by atoms with Crippen molar-refractivity contribution in [1.29, 1.82) is 5.26 Å². The summed E-state index contributed by atoms with van der Waals surface area (Å²) in [6.45, 7) is 25.6. The Balaban J connectivity index is 0.00000621. The van der Waals surface area contributed by atoms with Crippen LogP contribution in [0.25, 0.3) is 16.4 Å². The molecule has 8 aliphatic heterocycles. The van der Waals surface area contributed by atoms with Gasteiger partial charge in [0.25, 0.3) is 7.82 Å². The Kier molecular flexibility index (Phi) is 34.7. The number of fused-ring (bicyclic) bond motifs is 8. The molecule has 123 heavy (non-hydrogen) atoms. The molecule has 18 N–H and O–H groups in total. The zero-order chi connectivity index (χ0) is 89.8. The molecule has 18 atom stereocenters. The molecule has 2 aromatic rings. The number of unbranched alkanes of at least 4 members (excludes halogenated alkanes) is 1. The topological polar surface area (TPSA) is 593 Å². The minimum atomic E-state index is -5.37. The standard InChI is InChI=1S/C82H125N16O20PS.CN.Co/c1-44-34-52-54(35-45(44)2)98(43-91-52)75-70(108)71(55(41-99)116-75)118-119(111,112)117-46(3)40-90-65(106)23-24-78(8)51(36-62(86)103)74-81(11)79(9,38-63(87)104)50(19-21-60(84)101)68(97-81)48(5)73-80(10,82(110,25-22-61(85)102)58(94-73)37-57-77(6,7)49(18-20-59(83)100)67(93-57)47(4)72(78)96-74)39-66(107)89-27-15-29-114-31-33-115-32-30-113-28-14-26-88-64(105)17-13-12-16-56-69-53(42-120-56)92-76(109)95-69;1-2;/h34-35,37,43,46,49-51,53,55-56,69-71,74-75,99,108,110H,12-33,36,38-42H2,1-11H3,(H17,83,84,85,86,87,88,89,90,92,93,94,95,96,97,100,101,102,103,104,105,106,107,109,111,112);;/q;-1;+3/p-2/t46-,49+,50+,51-,53?,55?,56?,69?,70?,71?,74+,75?,78+,79-,80+,81-,82-;;/m0../s1. The Morgan fingerprint density at radius 1 is 0.756 bits per heavy atom. The maximum atomic E-state index is 14.9. The molecule has 0 radical (unpaired) electrons. The second-order valence-electron chi connectivity index (χ2n) is 34.8. The van der Waals surface area contributed by atoms with E-state index < -0.39 is 169 Å². The monoisotopic (exact) mass is 1800 g/mol. The summed E-state index contributed by atoms with van der Waals surface area (Å²) in [6.07, 6.45) is -2.67. The van der Waals surface area contributed by atoms with E-state index in [1.54, 1.807) is 40.7 Å². The van der Waals surface area contributed by atoms with Gasteiger partial charge in [0.2, 0.25) is 47.3 Å². The number of hydrogen-bond donors (Lipinski definition) is 13. The van der Waals surface area contributed by atoms with Crippen LogP contribution in [-0.2, 0) is 87.7 Å². The summed E-state index contributed by atoms with van der Waals surface area (Å²) in [6, 6.07) is 2.77. The predicted octanol–water partition coefficient (Wildman–Crippen LogP) is 3.83. The molecule has 0 saturated carbocycles. The number of aliphatic hydroxyl groups is 3. The molecule has 40 heteroatoms. The average molecular weight is 1800 g/mol. The SMILES string of the molecule is C/C1=C2/[N-][C@H]([C@H](CC(N)=O)[C@@]2(C)CCC(=O)NC[C@H](C)OP(=O)([O-])OC2C(CO)OC(n3cnc4cc(C)c(C)cc43)C2O)[C@]2(C)N=C(/C(C)=C3N=C(/C=C4N=C1[C@@H](CCC(N)=O)C\4(C)C)[C@@](O)(CCC(N)=O)[C@]\3(C)CC(=O)NCCCOCCOCCOCCCNC(=O)CCCCC1SCC3NC(=O)NC31)[C@@H](CCC(N)=O)[C@]2(C)CC(N)=O.[C-]#N.[Co+3]. The number of carbonyl (C=O) groups is 9. The second kappa shape index (κ2) is 42.5. The fourth-order valence-electron chi connectivity index (χ4n) is 19.0. The number of amides is 10. The van der Waals surface area contributed by atoms with E-state index in [1.165, 1.54) is 17.8 Å². The first-order valence-corrected chi connectivity index (χ1v) is 44.3. The van der Waals surface area contributed by atoms with E-state index >= 15 is 0 Å². The van der Waals surface area contributed by atoms with Crippen LogP contribution in [0.15, 0.2) is 67.8 Å². The van der Waals surface area contributed by atoms with E-state index in [9.17, 15) is 67.9 Å². The zero-order valence-electron chi connectivity index (χ0n) is 72.0. The van der Waals surface area contributed by atoms with Crippen molar-refractivity contribution < 1.29 is 113 Å². The van der Waals surface area contributed by atoms with Crippen molar-refractivity contribution in [2.24, 2.45) is 83.1 Å². The zero-order valence-corrected chi connectivity index (χ0v) is 74.8. The summed E-state index contributed by atoms with van der Waals surface area (Å²) in [4.78, 5) is 155. The van der Waals surface area contributed by atoms with Crippen molar-refractivity contribution in [1.82, 2.24) is 36.1 Å². The molecule has 0 spiro atoms. The number of primary amides is 5. The van der Waals surface area contributed by atoms with E-state index in [2.05, 4.69) is 31.6 Å². The Bertz CT molecular complexity index is 4520. The molecule has 4 saturated heterocycles. The number of imidazole rings is 1. The van der Waals surface area contributed by atoms with E-state index in [0.29, 0.717) is 90.2 Å². The van der Waals surface area contributed by atoms with Crippen molar-refractivity contribution in [3.05, 3.63) is 75.8 Å². The Hall–Kier alpha value is -8.07. The number of rotatable bonds is 45. The average Bonchev–Trinajstić information content (AvgIpc) is 1.52. The van der Waals surface area contributed by atoms with Gasteiger partial charge in [0.1, 0.15) is 23.9 Å². The third-order valence-electron chi connectivity index (χ3n) is 26.1. The molecule has 680 valence electrons. The van der Waals surface area contributed by atoms with Crippen molar-refractivity contribution in [3.8, 4) is 0 Å². The van der Waals surface area contributed by atoms with E-state index in [-0.39, 0.29) is 136 Å². The molecule has 37 nitrogen and oxygen atoms in total. The molecular weight excluding hydrogens is 1680 g/mol. The molecule has 9 heterocycles. The van der Waals surface area contributed by atoms with Gasteiger partial charge in [0.05, 0.1) is 90.9 Å². The third kappa shape index (κ3) is 22.7. The van der Waals surface area contributed by atoms with Crippen LogP contribution in [0.5, 0.6) is 0 Å². The van der Waals surface area contributed by atoms with Crippen molar-refractivity contribution in [3.63, 3.8) is 0 Å². The smallest absolute Gasteiger partial charge is 0.756 e. The largest absolute Gasteiger partial charge is 3.00 e. The number of phosphoric ester groups is 1. The number of benzene rings is 1. The third-order valence-corrected chi connectivity index (χ3v) is 28.7. The molecule has 8 bridgehead atoms. The number of aliphatic hydroxyl groups excluding tert-OH is 2. The van der Waals surface area contributed by atoms with Crippen molar-refractivity contribution >= 4 is 101 Å². The number of hydrogen-bond acceptors (Lipinski definition) is 26.